The summed E-state index contributed by atoms with van der Waals surface area (Å²) < 4.78 is 5.02. The second-order valence-corrected chi connectivity index (χ2v) is 5.06. The average molecular weight is 326 g/mol. The fraction of sp³-hybridized carbons (Fsp3) is 0.143. The van der Waals surface area contributed by atoms with Crippen LogP contribution in [0.2, 0.25) is 10.0 Å². The number of halogens is 2. The summed E-state index contributed by atoms with van der Waals surface area (Å²) in [4.78, 5) is 16.1. The Bertz CT molecular complexity index is 654. The van der Waals surface area contributed by atoms with Gasteiger partial charge in [0.2, 0.25) is 5.88 Å². The van der Waals surface area contributed by atoms with Crippen LogP contribution in [0.5, 0.6) is 5.88 Å². The summed E-state index contributed by atoms with van der Waals surface area (Å²) in [5.74, 6) is 0.190. The first-order valence-electron chi connectivity index (χ1n) is 6.03. The number of rotatable bonds is 4. The summed E-state index contributed by atoms with van der Waals surface area (Å²) in [7, 11) is 1.53. The third kappa shape index (κ3) is 3.77. The number of hydrogen-bond acceptors (Lipinski definition) is 4. The van der Waals surface area contributed by atoms with Gasteiger partial charge in [-0.2, -0.15) is 0 Å². The Balaban J connectivity index is 2.08. The normalized spacial score (nSPS) is 10.2. The van der Waals surface area contributed by atoms with Crippen LogP contribution >= 0.6 is 23.2 Å². The van der Waals surface area contributed by atoms with E-state index < -0.39 is 0 Å². The van der Waals surface area contributed by atoms with Gasteiger partial charge >= 0.3 is 0 Å². The maximum absolute atomic E-state index is 12.1. The van der Waals surface area contributed by atoms with Crippen LogP contribution in [0.4, 0.5) is 5.69 Å². The summed E-state index contributed by atoms with van der Waals surface area (Å²) in [6.45, 7) is 0.331. The second-order valence-electron chi connectivity index (χ2n) is 4.24. The molecule has 2 aromatic rings. The topological polar surface area (TPSA) is 77.2 Å². The Kier molecular flexibility index (Phi) is 4.88. The summed E-state index contributed by atoms with van der Waals surface area (Å²) in [5.41, 5.74) is 7.10. The number of ether oxygens (including phenoxy) is 1. The fourth-order valence-electron chi connectivity index (χ4n) is 1.67. The molecule has 0 saturated carbocycles. The predicted octanol–water partition coefficient (Wildman–Crippen LogP) is 2.91. The molecule has 0 aliphatic heterocycles. The van der Waals surface area contributed by atoms with Gasteiger partial charge in [0.15, 0.2) is 0 Å². The van der Waals surface area contributed by atoms with Crippen molar-refractivity contribution < 1.29 is 9.53 Å². The third-order valence-corrected chi connectivity index (χ3v) is 3.43. The Morgan fingerprint density at radius 3 is 2.62 bits per heavy atom. The molecule has 0 saturated heterocycles. The van der Waals surface area contributed by atoms with Crippen LogP contribution in [0.3, 0.4) is 0 Å². The van der Waals surface area contributed by atoms with Gasteiger partial charge in [0.05, 0.1) is 22.8 Å². The molecular formula is C14H13Cl2N3O2. The number of carbonyl (C=O) groups excluding carboxylic acids is 1. The lowest BCUT2D eigenvalue weighted by Crippen LogP contribution is -2.23. The van der Waals surface area contributed by atoms with Crippen molar-refractivity contribution in [3.05, 3.63) is 51.6 Å². The Morgan fingerprint density at radius 2 is 2.00 bits per heavy atom. The number of hydrogen-bond donors (Lipinski definition) is 2. The molecule has 0 radical (unpaired) electrons. The molecule has 5 nitrogen and oxygen atoms in total. The van der Waals surface area contributed by atoms with E-state index in [-0.39, 0.29) is 21.6 Å². The van der Waals surface area contributed by atoms with Gasteiger partial charge in [-0.15, -0.1) is 0 Å². The van der Waals surface area contributed by atoms with Crippen molar-refractivity contribution in [2.75, 3.05) is 12.8 Å². The second kappa shape index (κ2) is 6.65. The van der Waals surface area contributed by atoms with Gasteiger partial charge in [0.25, 0.3) is 5.91 Å². The zero-order chi connectivity index (χ0) is 15.4. The molecule has 1 aromatic carbocycles. The maximum Gasteiger partial charge on any atom is 0.251 e. The zero-order valence-corrected chi connectivity index (χ0v) is 12.7. The maximum atomic E-state index is 12.1. The van der Waals surface area contributed by atoms with Gasteiger partial charge in [0.1, 0.15) is 0 Å². The minimum Gasteiger partial charge on any atom is -0.481 e. The Hall–Kier alpha value is -1.98. The molecule has 110 valence electrons. The van der Waals surface area contributed by atoms with Crippen LogP contribution in [0, 0.1) is 0 Å². The first kappa shape index (κ1) is 15.4. The lowest BCUT2D eigenvalue weighted by molar-refractivity contribution is 0.0951. The molecule has 0 aliphatic carbocycles. The lowest BCUT2D eigenvalue weighted by atomic mass is 10.2. The quantitative estimate of drug-likeness (QED) is 0.847. The minimum atomic E-state index is -0.297. The minimum absolute atomic E-state index is 0.248. The summed E-state index contributed by atoms with van der Waals surface area (Å²) in [6, 6.07) is 6.48. The number of amides is 1. The largest absolute Gasteiger partial charge is 0.481 e. The van der Waals surface area contributed by atoms with E-state index in [1.807, 2.05) is 0 Å². The van der Waals surface area contributed by atoms with E-state index in [0.717, 1.165) is 5.56 Å². The smallest absolute Gasteiger partial charge is 0.251 e. The van der Waals surface area contributed by atoms with E-state index >= 15 is 0 Å². The highest BCUT2D eigenvalue weighted by molar-refractivity contribution is 6.39. The van der Waals surface area contributed by atoms with Gasteiger partial charge in [-0.05, 0) is 23.8 Å². The van der Waals surface area contributed by atoms with Crippen molar-refractivity contribution in [2.45, 2.75) is 6.54 Å². The van der Waals surface area contributed by atoms with Crippen LogP contribution in [0.15, 0.2) is 30.5 Å². The number of benzene rings is 1. The molecular weight excluding hydrogens is 313 g/mol. The first-order chi connectivity index (χ1) is 10.0. The SMILES string of the molecule is COc1cc(CNC(=O)c2cc(Cl)c(N)c(Cl)c2)ccn1. The van der Waals surface area contributed by atoms with Gasteiger partial charge in [-0.25, -0.2) is 4.98 Å². The number of nitrogen functional groups attached to an aromatic ring is 1. The van der Waals surface area contributed by atoms with Gasteiger partial charge in [-0.1, -0.05) is 23.2 Å². The molecule has 7 heteroatoms. The standard InChI is InChI=1S/C14H13Cl2N3O2/c1-21-12-4-8(2-3-18-12)7-19-14(20)9-5-10(15)13(17)11(16)6-9/h2-6H,7,17H2,1H3,(H,19,20). The molecule has 0 bridgehead atoms. The lowest BCUT2D eigenvalue weighted by Gasteiger charge is -2.08. The van der Waals surface area contributed by atoms with Crippen LogP contribution < -0.4 is 15.8 Å². The highest BCUT2D eigenvalue weighted by Gasteiger charge is 2.11. The molecule has 1 heterocycles. The number of nitrogens with zero attached hydrogens (tertiary/aromatic N) is 1. The zero-order valence-electron chi connectivity index (χ0n) is 11.2. The Morgan fingerprint density at radius 1 is 1.33 bits per heavy atom. The van der Waals surface area contributed by atoms with Crippen molar-refractivity contribution in [1.29, 1.82) is 0 Å². The highest BCUT2D eigenvalue weighted by Crippen LogP contribution is 2.28. The first-order valence-corrected chi connectivity index (χ1v) is 6.78. The molecule has 3 N–H and O–H groups in total. The van der Waals surface area contributed by atoms with Crippen LogP contribution in [-0.4, -0.2) is 18.0 Å². The number of methoxy groups -OCH3 is 1. The summed E-state index contributed by atoms with van der Waals surface area (Å²) >= 11 is 11.8. The summed E-state index contributed by atoms with van der Waals surface area (Å²) in [5, 5.41) is 3.26. The number of carbonyl (C=O) groups is 1. The molecule has 21 heavy (non-hydrogen) atoms. The monoisotopic (exact) mass is 325 g/mol. The fourth-order valence-corrected chi connectivity index (χ4v) is 2.16. The van der Waals surface area contributed by atoms with Crippen molar-refractivity contribution in [3.63, 3.8) is 0 Å². The molecule has 0 atom stereocenters. The van der Waals surface area contributed by atoms with E-state index in [1.165, 1.54) is 19.2 Å². The van der Waals surface area contributed by atoms with E-state index in [0.29, 0.717) is 18.0 Å². The molecule has 1 aromatic heterocycles. The highest BCUT2D eigenvalue weighted by atomic mass is 35.5. The van der Waals surface area contributed by atoms with Crippen molar-refractivity contribution in [2.24, 2.45) is 0 Å². The van der Waals surface area contributed by atoms with Crippen molar-refractivity contribution in [1.82, 2.24) is 10.3 Å². The van der Waals surface area contributed by atoms with Crippen molar-refractivity contribution >= 4 is 34.8 Å². The molecule has 0 unspecified atom stereocenters. The average Bonchev–Trinajstić information content (AvgIpc) is 2.50. The molecule has 0 aliphatic rings. The van der Waals surface area contributed by atoms with Gasteiger partial charge < -0.3 is 15.8 Å². The van der Waals surface area contributed by atoms with E-state index in [4.69, 9.17) is 33.7 Å². The number of aromatic nitrogens is 1. The predicted molar refractivity (Wildman–Crippen MR) is 82.8 cm³/mol. The number of anilines is 1. The Labute approximate surface area is 132 Å². The van der Waals surface area contributed by atoms with Crippen LogP contribution in [0.1, 0.15) is 15.9 Å². The molecule has 1 amide bonds. The van der Waals surface area contributed by atoms with Crippen LogP contribution in [-0.2, 0) is 6.54 Å². The molecule has 2 rings (SSSR count). The van der Waals surface area contributed by atoms with E-state index in [1.54, 1.807) is 18.3 Å². The molecule has 0 fully saturated rings. The molecule has 0 spiro atoms. The third-order valence-electron chi connectivity index (χ3n) is 2.80. The van der Waals surface area contributed by atoms with Gasteiger partial charge in [0, 0.05) is 24.4 Å². The number of pyridine rings is 1. The van der Waals surface area contributed by atoms with E-state index in [9.17, 15) is 4.79 Å². The van der Waals surface area contributed by atoms with Gasteiger partial charge in [-0.3, -0.25) is 4.79 Å². The van der Waals surface area contributed by atoms with Crippen molar-refractivity contribution in [3.8, 4) is 5.88 Å². The summed E-state index contributed by atoms with van der Waals surface area (Å²) in [6.07, 6.45) is 1.61. The van der Waals surface area contributed by atoms with Crippen LogP contribution in [0.25, 0.3) is 0 Å². The number of nitrogens with two attached hydrogens (primary N) is 1. The van der Waals surface area contributed by atoms with E-state index in [2.05, 4.69) is 10.3 Å². The number of nitrogens with one attached hydrogen (secondary N) is 1.